The van der Waals surface area contributed by atoms with Crippen molar-refractivity contribution >= 4 is 33.1 Å². The zero-order chi connectivity index (χ0) is 17.4. The first-order valence-corrected chi connectivity index (χ1v) is 9.50. The van der Waals surface area contributed by atoms with Crippen LogP contribution in [0.4, 0.5) is 5.95 Å². The summed E-state index contributed by atoms with van der Waals surface area (Å²) in [4.78, 5) is 11.6. The standard InChI is InChI=1S/C17H23N5O2S/c1-4-23-7-5-6-18-16-21-15-13(14-19-10-20-22(14)16)11-8-17(2,3)24-9-12(11)25-15/h10H,4-9H2,1-3H3,(H,18,21). The Balaban J connectivity index is 1.71. The summed E-state index contributed by atoms with van der Waals surface area (Å²) in [6, 6.07) is 0. The van der Waals surface area contributed by atoms with Crippen LogP contribution in [0.3, 0.4) is 0 Å². The summed E-state index contributed by atoms with van der Waals surface area (Å²) in [7, 11) is 0. The van der Waals surface area contributed by atoms with E-state index in [1.807, 2.05) is 6.92 Å². The number of fused-ring (bicyclic) bond motifs is 5. The molecule has 4 heterocycles. The number of hydrogen-bond donors (Lipinski definition) is 1. The summed E-state index contributed by atoms with van der Waals surface area (Å²) in [5.41, 5.74) is 2.02. The minimum Gasteiger partial charge on any atom is -0.382 e. The Morgan fingerprint density at radius 3 is 3.16 bits per heavy atom. The van der Waals surface area contributed by atoms with Crippen molar-refractivity contribution in [3.8, 4) is 0 Å². The SMILES string of the molecule is CCOCCCNc1nc2sc3c(c2c2ncnn12)CC(C)(C)OC3. The lowest BCUT2D eigenvalue weighted by atomic mass is 9.94. The molecule has 0 spiro atoms. The van der Waals surface area contributed by atoms with Crippen molar-refractivity contribution in [3.05, 3.63) is 16.8 Å². The fourth-order valence-corrected chi connectivity index (χ4v) is 4.29. The number of hydrogen-bond acceptors (Lipinski definition) is 7. The highest BCUT2D eigenvalue weighted by molar-refractivity contribution is 7.19. The molecule has 0 unspecified atom stereocenters. The normalized spacial score (nSPS) is 16.4. The van der Waals surface area contributed by atoms with Crippen molar-refractivity contribution in [1.29, 1.82) is 0 Å². The highest BCUT2D eigenvalue weighted by atomic mass is 32.1. The number of ether oxygens (including phenoxy) is 2. The van der Waals surface area contributed by atoms with Gasteiger partial charge in [-0.3, -0.25) is 0 Å². The second kappa shape index (κ2) is 6.51. The van der Waals surface area contributed by atoms with Crippen molar-refractivity contribution in [2.45, 2.75) is 45.8 Å². The first-order valence-electron chi connectivity index (χ1n) is 8.68. The van der Waals surface area contributed by atoms with E-state index < -0.39 is 0 Å². The summed E-state index contributed by atoms with van der Waals surface area (Å²) in [6.07, 6.45) is 3.39. The van der Waals surface area contributed by atoms with E-state index in [1.54, 1.807) is 22.2 Å². The Morgan fingerprint density at radius 1 is 1.44 bits per heavy atom. The molecular weight excluding hydrogens is 338 g/mol. The highest BCUT2D eigenvalue weighted by Gasteiger charge is 2.31. The van der Waals surface area contributed by atoms with Crippen LogP contribution in [0.5, 0.6) is 0 Å². The van der Waals surface area contributed by atoms with Gasteiger partial charge in [0, 0.05) is 31.1 Å². The average molecular weight is 361 g/mol. The summed E-state index contributed by atoms with van der Waals surface area (Å²) in [5.74, 6) is 0.732. The molecule has 134 valence electrons. The maximum Gasteiger partial charge on any atom is 0.227 e. The molecule has 1 aliphatic heterocycles. The van der Waals surface area contributed by atoms with Crippen LogP contribution >= 0.6 is 11.3 Å². The molecule has 0 fully saturated rings. The zero-order valence-electron chi connectivity index (χ0n) is 14.8. The van der Waals surface area contributed by atoms with Crippen molar-refractivity contribution in [2.75, 3.05) is 25.1 Å². The molecule has 4 rings (SSSR count). The molecule has 0 amide bonds. The van der Waals surface area contributed by atoms with Crippen molar-refractivity contribution in [1.82, 2.24) is 19.6 Å². The van der Waals surface area contributed by atoms with Gasteiger partial charge in [0.15, 0.2) is 5.65 Å². The van der Waals surface area contributed by atoms with E-state index in [9.17, 15) is 0 Å². The predicted molar refractivity (Wildman–Crippen MR) is 98.3 cm³/mol. The Hall–Kier alpha value is -1.77. The van der Waals surface area contributed by atoms with Gasteiger partial charge in [-0.05, 0) is 32.8 Å². The van der Waals surface area contributed by atoms with Crippen molar-refractivity contribution in [3.63, 3.8) is 0 Å². The van der Waals surface area contributed by atoms with Crippen LogP contribution in [-0.2, 0) is 22.5 Å². The fraction of sp³-hybridized carbons (Fsp3) is 0.588. The number of nitrogens with zero attached hydrogens (tertiary/aromatic N) is 4. The van der Waals surface area contributed by atoms with E-state index in [4.69, 9.17) is 14.5 Å². The molecule has 8 heteroatoms. The van der Waals surface area contributed by atoms with Gasteiger partial charge in [-0.25, -0.2) is 9.97 Å². The fourth-order valence-electron chi connectivity index (χ4n) is 3.19. The largest absolute Gasteiger partial charge is 0.382 e. The smallest absolute Gasteiger partial charge is 0.227 e. The first kappa shape index (κ1) is 16.7. The molecule has 25 heavy (non-hydrogen) atoms. The van der Waals surface area contributed by atoms with Crippen LogP contribution in [0.25, 0.3) is 15.9 Å². The van der Waals surface area contributed by atoms with Gasteiger partial charge >= 0.3 is 0 Å². The molecule has 3 aromatic rings. The lowest BCUT2D eigenvalue weighted by Gasteiger charge is -2.30. The Morgan fingerprint density at radius 2 is 2.32 bits per heavy atom. The van der Waals surface area contributed by atoms with E-state index in [0.717, 1.165) is 54.4 Å². The van der Waals surface area contributed by atoms with Gasteiger partial charge < -0.3 is 14.8 Å². The monoisotopic (exact) mass is 361 g/mol. The molecule has 0 saturated carbocycles. The van der Waals surface area contributed by atoms with Crippen LogP contribution < -0.4 is 5.32 Å². The highest BCUT2D eigenvalue weighted by Crippen LogP contribution is 2.40. The molecule has 0 radical (unpaired) electrons. The molecule has 0 atom stereocenters. The number of thiophene rings is 1. The van der Waals surface area contributed by atoms with Crippen LogP contribution in [0, 0.1) is 0 Å². The van der Waals surface area contributed by atoms with E-state index in [0.29, 0.717) is 6.61 Å². The summed E-state index contributed by atoms with van der Waals surface area (Å²) in [5, 5.41) is 8.86. The second-order valence-corrected chi connectivity index (χ2v) is 7.90. The van der Waals surface area contributed by atoms with Gasteiger partial charge in [0.2, 0.25) is 5.95 Å². The molecule has 1 aliphatic rings. The Kier molecular flexibility index (Phi) is 4.35. The van der Waals surface area contributed by atoms with Gasteiger partial charge in [-0.1, -0.05) is 0 Å². The van der Waals surface area contributed by atoms with Gasteiger partial charge in [0.05, 0.1) is 17.6 Å². The van der Waals surface area contributed by atoms with Crippen LogP contribution in [0.2, 0.25) is 0 Å². The molecule has 3 aromatic heterocycles. The zero-order valence-corrected chi connectivity index (χ0v) is 15.7. The van der Waals surface area contributed by atoms with E-state index in [-0.39, 0.29) is 5.60 Å². The molecule has 7 nitrogen and oxygen atoms in total. The maximum absolute atomic E-state index is 5.96. The van der Waals surface area contributed by atoms with Gasteiger partial charge in [0.1, 0.15) is 11.2 Å². The average Bonchev–Trinajstić information content (AvgIpc) is 3.17. The summed E-state index contributed by atoms with van der Waals surface area (Å²) >= 11 is 1.70. The lowest BCUT2D eigenvalue weighted by Crippen LogP contribution is -2.31. The minimum atomic E-state index is -0.159. The third-order valence-electron chi connectivity index (χ3n) is 4.40. The minimum absolute atomic E-state index is 0.159. The molecule has 1 N–H and O–H groups in total. The third kappa shape index (κ3) is 3.09. The molecule has 0 bridgehead atoms. The second-order valence-electron chi connectivity index (χ2n) is 6.82. The molecule has 0 aliphatic carbocycles. The van der Waals surface area contributed by atoms with Gasteiger partial charge in [-0.15, -0.1) is 11.3 Å². The Labute approximate surface area is 150 Å². The molecule has 0 saturated heterocycles. The van der Waals surface area contributed by atoms with Crippen molar-refractivity contribution < 1.29 is 9.47 Å². The summed E-state index contributed by atoms with van der Waals surface area (Å²) < 4.78 is 13.1. The predicted octanol–water partition coefficient (Wildman–Crippen LogP) is 3.03. The topological polar surface area (TPSA) is 73.6 Å². The number of nitrogens with one attached hydrogen (secondary N) is 1. The van der Waals surface area contributed by atoms with Crippen molar-refractivity contribution in [2.24, 2.45) is 0 Å². The van der Waals surface area contributed by atoms with E-state index >= 15 is 0 Å². The van der Waals surface area contributed by atoms with E-state index in [1.165, 1.54) is 10.4 Å². The van der Waals surface area contributed by atoms with Gasteiger partial charge in [0.25, 0.3) is 0 Å². The molecule has 0 aromatic carbocycles. The van der Waals surface area contributed by atoms with Gasteiger partial charge in [-0.2, -0.15) is 9.61 Å². The number of rotatable bonds is 6. The number of aromatic nitrogens is 4. The molecular formula is C17H23N5O2S. The van der Waals surface area contributed by atoms with E-state index in [2.05, 4.69) is 29.2 Å². The lowest BCUT2D eigenvalue weighted by molar-refractivity contribution is -0.0379. The third-order valence-corrected chi connectivity index (χ3v) is 5.50. The maximum atomic E-state index is 5.96. The Bertz CT molecular complexity index is 901. The quantitative estimate of drug-likeness (QED) is 0.680. The van der Waals surface area contributed by atoms with Crippen LogP contribution in [-0.4, -0.2) is 44.9 Å². The van der Waals surface area contributed by atoms with Crippen LogP contribution in [0.1, 0.15) is 37.6 Å². The van der Waals surface area contributed by atoms with Crippen LogP contribution in [0.15, 0.2) is 6.33 Å². The first-order chi connectivity index (χ1) is 12.1. The number of anilines is 1. The summed E-state index contributed by atoms with van der Waals surface area (Å²) in [6.45, 7) is 9.17.